The van der Waals surface area contributed by atoms with E-state index in [1.165, 1.54) is 11.3 Å². The number of carbonyl (C=O) groups is 2. The number of benzene rings is 2. The molecule has 0 aliphatic heterocycles. The molecule has 0 radical (unpaired) electrons. The van der Waals surface area contributed by atoms with Crippen LogP contribution in [0.1, 0.15) is 44.8 Å². The molecule has 0 saturated carbocycles. The largest absolute Gasteiger partial charge is 0.449 e. The van der Waals surface area contributed by atoms with Gasteiger partial charge in [0.05, 0.1) is 11.0 Å². The molecule has 7 heteroatoms. The molecule has 2 aromatic carbocycles. The van der Waals surface area contributed by atoms with Gasteiger partial charge in [-0.05, 0) is 40.1 Å². The van der Waals surface area contributed by atoms with Crippen molar-refractivity contribution in [1.82, 2.24) is 5.32 Å². The molecule has 0 bridgehead atoms. The molecular weight excluding hydrogens is 414 g/mol. The Morgan fingerprint density at radius 2 is 1.71 bits per heavy atom. The number of hydrogen-bond donors (Lipinski definition) is 3. The molecule has 3 N–H and O–H groups in total. The summed E-state index contributed by atoms with van der Waals surface area (Å²) in [5.74, 6) is -0.0223. The fourth-order valence-electron chi connectivity index (χ4n) is 4.01. The number of aliphatic hydroxyl groups is 2. The second-order valence-electron chi connectivity index (χ2n) is 7.41. The fraction of sp³-hybridized carbons (Fsp3) is 0.250. The van der Waals surface area contributed by atoms with Gasteiger partial charge in [0.15, 0.2) is 6.29 Å². The Hall–Kier alpha value is -3.00. The molecule has 6 nitrogen and oxygen atoms in total. The highest BCUT2D eigenvalue weighted by atomic mass is 32.1. The first-order chi connectivity index (χ1) is 15.1. The van der Waals surface area contributed by atoms with Crippen molar-refractivity contribution < 1.29 is 24.5 Å². The van der Waals surface area contributed by atoms with Crippen molar-refractivity contribution in [3.63, 3.8) is 0 Å². The zero-order chi connectivity index (χ0) is 21.8. The van der Waals surface area contributed by atoms with Gasteiger partial charge in [-0.2, -0.15) is 0 Å². The Bertz CT molecular complexity index is 1030. The van der Waals surface area contributed by atoms with Gasteiger partial charge in [0.25, 0.3) is 0 Å². The van der Waals surface area contributed by atoms with Gasteiger partial charge >= 0.3 is 6.09 Å². The number of hydrogen-bond acceptors (Lipinski definition) is 6. The first-order valence-corrected chi connectivity index (χ1v) is 11.0. The van der Waals surface area contributed by atoms with Gasteiger partial charge in [-0.15, -0.1) is 11.3 Å². The summed E-state index contributed by atoms with van der Waals surface area (Å²) in [6.45, 7) is 0.345. The third-order valence-electron chi connectivity index (χ3n) is 5.57. The van der Waals surface area contributed by atoms with Crippen LogP contribution < -0.4 is 5.32 Å². The number of nitrogens with one attached hydrogen (secondary N) is 1. The highest BCUT2D eigenvalue weighted by Crippen LogP contribution is 2.44. The molecule has 0 spiro atoms. The minimum Gasteiger partial charge on any atom is -0.449 e. The summed E-state index contributed by atoms with van der Waals surface area (Å²) in [4.78, 5) is 23.6. The maximum absolute atomic E-state index is 12.2. The van der Waals surface area contributed by atoms with Crippen molar-refractivity contribution >= 4 is 23.7 Å². The van der Waals surface area contributed by atoms with Crippen LogP contribution in [-0.2, 0) is 4.74 Å². The van der Waals surface area contributed by atoms with Crippen LogP contribution in [0.15, 0.2) is 60.0 Å². The molecule has 2 atom stereocenters. The maximum Gasteiger partial charge on any atom is 0.407 e. The highest BCUT2D eigenvalue weighted by Gasteiger charge is 2.29. The van der Waals surface area contributed by atoms with Crippen LogP contribution >= 0.6 is 11.3 Å². The highest BCUT2D eigenvalue weighted by molar-refractivity contribution is 7.11. The van der Waals surface area contributed by atoms with Gasteiger partial charge in [0, 0.05) is 18.0 Å². The van der Waals surface area contributed by atoms with Crippen molar-refractivity contribution in [2.45, 2.75) is 24.5 Å². The Morgan fingerprint density at radius 3 is 2.35 bits per heavy atom. The quantitative estimate of drug-likeness (QED) is 0.465. The van der Waals surface area contributed by atoms with Crippen LogP contribution in [0.3, 0.4) is 0 Å². The van der Waals surface area contributed by atoms with Crippen LogP contribution in [0, 0.1) is 0 Å². The summed E-state index contributed by atoms with van der Waals surface area (Å²) in [7, 11) is 0. The minimum absolute atomic E-state index is 0.0223. The lowest BCUT2D eigenvalue weighted by atomic mass is 9.98. The van der Waals surface area contributed by atoms with Crippen molar-refractivity contribution in [1.29, 1.82) is 0 Å². The van der Waals surface area contributed by atoms with E-state index in [9.17, 15) is 19.8 Å². The van der Waals surface area contributed by atoms with Crippen LogP contribution in [0.5, 0.6) is 0 Å². The maximum atomic E-state index is 12.2. The number of aliphatic hydroxyl groups excluding tert-OH is 2. The predicted molar refractivity (Wildman–Crippen MR) is 118 cm³/mol. The van der Waals surface area contributed by atoms with Crippen LogP contribution in [0.2, 0.25) is 0 Å². The molecule has 0 saturated heterocycles. The molecule has 160 valence electrons. The lowest BCUT2D eigenvalue weighted by Crippen LogP contribution is -2.30. The van der Waals surface area contributed by atoms with E-state index in [-0.39, 0.29) is 25.5 Å². The molecule has 31 heavy (non-hydrogen) atoms. The summed E-state index contributed by atoms with van der Waals surface area (Å²) < 4.78 is 5.45. The number of alkyl carbamates (subject to hydrolysis) is 1. The van der Waals surface area contributed by atoms with Crippen LogP contribution in [0.25, 0.3) is 11.1 Å². The Labute approximate surface area is 184 Å². The average Bonchev–Trinajstić information content (AvgIpc) is 3.40. The van der Waals surface area contributed by atoms with Gasteiger partial charge in [-0.3, -0.25) is 4.79 Å². The third kappa shape index (κ3) is 4.39. The Kier molecular flexibility index (Phi) is 6.46. The Balaban J connectivity index is 1.29. The van der Waals surface area contributed by atoms with E-state index in [4.69, 9.17) is 4.74 Å². The summed E-state index contributed by atoms with van der Waals surface area (Å²) in [5.41, 5.74) is 4.99. The number of aldehydes is 1. The van der Waals surface area contributed by atoms with E-state index in [0.29, 0.717) is 16.7 Å². The monoisotopic (exact) mass is 437 g/mol. The second-order valence-corrected chi connectivity index (χ2v) is 8.36. The molecule has 2 unspecified atom stereocenters. The number of fused-ring (bicyclic) bond motifs is 3. The lowest BCUT2D eigenvalue weighted by Gasteiger charge is -2.18. The zero-order valence-electron chi connectivity index (χ0n) is 16.7. The predicted octanol–water partition coefficient (Wildman–Crippen LogP) is 3.88. The Morgan fingerprint density at radius 1 is 1.06 bits per heavy atom. The molecule has 0 fully saturated rings. The molecule has 4 rings (SSSR count). The van der Waals surface area contributed by atoms with Crippen LogP contribution in [-0.4, -0.2) is 41.8 Å². The normalized spacial score (nSPS) is 14.4. The van der Waals surface area contributed by atoms with Crippen molar-refractivity contribution in [2.75, 3.05) is 13.2 Å². The smallest absolute Gasteiger partial charge is 0.407 e. The number of thiophene rings is 1. The first kappa shape index (κ1) is 21.2. The van der Waals surface area contributed by atoms with Gasteiger partial charge in [-0.1, -0.05) is 48.5 Å². The third-order valence-corrected chi connectivity index (χ3v) is 6.43. The molecular formula is C24H23NO5S. The van der Waals surface area contributed by atoms with Crippen LogP contribution in [0.4, 0.5) is 4.79 Å². The van der Waals surface area contributed by atoms with E-state index >= 15 is 0 Å². The van der Waals surface area contributed by atoms with Gasteiger partial charge < -0.3 is 20.3 Å². The van der Waals surface area contributed by atoms with Gasteiger partial charge in [-0.25, -0.2) is 4.79 Å². The standard InChI is InChI=1S/C24H23NO5S/c26-13-22-19(10-12-31-22)23(28)21(27)9-11-25-24(29)30-14-20-17-7-3-1-5-15(17)16-6-2-4-8-18(16)20/h1-8,10,12-13,20-21,23,27-28H,9,11,14H2,(H,25,29). The average molecular weight is 438 g/mol. The van der Waals surface area contributed by atoms with E-state index in [0.717, 1.165) is 22.3 Å². The summed E-state index contributed by atoms with van der Waals surface area (Å²) in [6, 6.07) is 17.8. The van der Waals surface area contributed by atoms with Gasteiger partial charge in [0.1, 0.15) is 12.7 Å². The van der Waals surface area contributed by atoms with E-state index in [1.54, 1.807) is 11.4 Å². The molecule has 1 aliphatic carbocycles. The number of rotatable bonds is 8. The molecule has 1 aromatic heterocycles. The summed E-state index contributed by atoms with van der Waals surface area (Å²) in [5, 5.41) is 24.7. The molecule has 1 amide bonds. The van der Waals surface area contributed by atoms with E-state index in [2.05, 4.69) is 29.6 Å². The molecule has 1 aliphatic rings. The van der Waals surface area contributed by atoms with E-state index in [1.807, 2.05) is 24.3 Å². The molecule has 1 heterocycles. The second kappa shape index (κ2) is 9.43. The fourth-order valence-corrected chi connectivity index (χ4v) is 4.75. The van der Waals surface area contributed by atoms with Gasteiger partial charge in [0.2, 0.25) is 0 Å². The van der Waals surface area contributed by atoms with Crippen molar-refractivity contribution in [2.24, 2.45) is 0 Å². The van der Waals surface area contributed by atoms with E-state index < -0.39 is 18.3 Å². The number of ether oxygens (including phenoxy) is 1. The van der Waals surface area contributed by atoms with Crippen molar-refractivity contribution in [3.8, 4) is 11.1 Å². The minimum atomic E-state index is -1.18. The number of amides is 1. The number of carbonyl (C=O) groups excluding carboxylic acids is 2. The lowest BCUT2D eigenvalue weighted by molar-refractivity contribution is 0.0136. The topological polar surface area (TPSA) is 95.9 Å². The summed E-state index contributed by atoms with van der Waals surface area (Å²) in [6.07, 6.45) is -2.09. The zero-order valence-corrected chi connectivity index (χ0v) is 17.5. The first-order valence-electron chi connectivity index (χ1n) is 10.1. The van der Waals surface area contributed by atoms with Crippen molar-refractivity contribution in [3.05, 3.63) is 81.5 Å². The summed E-state index contributed by atoms with van der Waals surface area (Å²) >= 11 is 1.20. The molecule has 3 aromatic rings. The SMILES string of the molecule is O=Cc1sccc1C(O)C(O)CCNC(=O)OCC1c2ccccc2-c2ccccc21.